The Balaban J connectivity index is 0.00000121. The Bertz CT molecular complexity index is 1330. The molecule has 52 heavy (non-hydrogen) atoms. The Morgan fingerprint density at radius 2 is 1.46 bits per heavy atom. The highest BCUT2D eigenvalue weighted by atomic mass is 19.4. The normalized spacial score (nSPS) is 16.9. The first-order chi connectivity index (χ1) is 24.6. The number of nitrogen functional groups attached to an aromatic ring is 1. The molecule has 0 aromatic heterocycles. The summed E-state index contributed by atoms with van der Waals surface area (Å²) in [6.45, 7) is 2.63. The standard InChI is InChI=1S/C34H55N7O4.C2HF3O2/c1-2-3-21-45-33(44)28(15-10-20-39-34(37)38)40-32(43)29(25-13-8-5-9-14-25)41-31(42)27(24-11-6-4-7-12-24)22-23-16-18-26(19-17-23)30(35)36;3-2(4,5)1(6)7/h16-19,24-25,27-29H,2-15,20-22H2,1H3,(H3,35,36)(H,40,43)(H,41,42)(H4,37,38,39);(H,6,7). The van der Waals surface area contributed by atoms with Gasteiger partial charge in [-0.3, -0.25) is 20.0 Å². The van der Waals surface area contributed by atoms with Crippen LogP contribution in [0.15, 0.2) is 29.3 Å². The smallest absolute Gasteiger partial charge is 0.475 e. The number of alkyl halides is 3. The van der Waals surface area contributed by atoms with Gasteiger partial charge in [-0.25, -0.2) is 9.59 Å². The highest BCUT2D eigenvalue weighted by Gasteiger charge is 2.39. The predicted octanol–water partition coefficient (Wildman–Crippen LogP) is 4.29. The number of carbonyl (C=O) groups is 4. The van der Waals surface area contributed by atoms with E-state index in [1.807, 2.05) is 31.2 Å². The Hall–Kier alpha value is -4.37. The molecule has 0 saturated heterocycles. The molecule has 3 unspecified atom stereocenters. The number of nitrogens with one attached hydrogen (secondary N) is 3. The number of rotatable bonds is 17. The third-order valence-corrected chi connectivity index (χ3v) is 9.51. The monoisotopic (exact) mass is 739 g/mol. The van der Waals surface area contributed by atoms with Crippen molar-refractivity contribution in [1.82, 2.24) is 10.6 Å². The van der Waals surface area contributed by atoms with Gasteiger partial charge >= 0.3 is 18.1 Å². The lowest BCUT2D eigenvalue weighted by Gasteiger charge is -2.34. The molecule has 10 N–H and O–H groups in total. The summed E-state index contributed by atoms with van der Waals surface area (Å²) >= 11 is 0. The van der Waals surface area contributed by atoms with Crippen molar-refractivity contribution >= 4 is 35.5 Å². The Kier molecular flexibility index (Phi) is 19.0. The van der Waals surface area contributed by atoms with Crippen LogP contribution in [0.25, 0.3) is 0 Å². The van der Waals surface area contributed by atoms with Crippen LogP contribution in [0, 0.1) is 23.2 Å². The summed E-state index contributed by atoms with van der Waals surface area (Å²) in [4.78, 5) is 54.1. The average molecular weight is 740 g/mol. The zero-order valence-corrected chi connectivity index (χ0v) is 30.0. The first kappa shape index (κ1) is 43.8. The van der Waals surface area contributed by atoms with Crippen molar-refractivity contribution in [2.24, 2.45) is 39.9 Å². The third-order valence-electron chi connectivity index (χ3n) is 9.51. The summed E-state index contributed by atoms with van der Waals surface area (Å²) in [5.41, 5.74) is 18.2. The number of aliphatic imine (C=N–C) groups is 1. The lowest BCUT2D eigenvalue weighted by Crippen LogP contribution is -2.56. The van der Waals surface area contributed by atoms with E-state index in [0.29, 0.717) is 31.4 Å². The van der Waals surface area contributed by atoms with Crippen LogP contribution >= 0.6 is 0 Å². The topological polar surface area (TPSA) is 236 Å². The Morgan fingerprint density at radius 1 is 0.904 bits per heavy atom. The second-order valence-corrected chi connectivity index (χ2v) is 13.5. The molecule has 1 aromatic carbocycles. The van der Waals surface area contributed by atoms with Gasteiger partial charge in [0.1, 0.15) is 17.9 Å². The summed E-state index contributed by atoms with van der Waals surface area (Å²) in [5.74, 6) is -3.79. The molecule has 2 saturated carbocycles. The fraction of sp³-hybridized carbons (Fsp3) is 0.667. The van der Waals surface area contributed by atoms with E-state index in [-0.39, 0.29) is 48.0 Å². The number of hydrogen-bond donors (Lipinski definition) is 7. The van der Waals surface area contributed by atoms with Crippen LogP contribution in [0.3, 0.4) is 0 Å². The molecule has 2 aliphatic carbocycles. The maximum Gasteiger partial charge on any atom is 0.490 e. The van der Waals surface area contributed by atoms with Gasteiger partial charge < -0.3 is 37.7 Å². The number of halogens is 3. The Labute approximate surface area is 303 Å². The van der Waals surface area contributed by atoms with E-state index < -0.39 is 30.2 Å². The van der Waals surface area contributed by atoms with Crippen molar-refractivity contribution in [3.05, 3.63) is 35.4 Å². The van der Waals surface area contributed by atoms with Crippen LogP contribution in [0.4, 0.5) is 13.2 Å². The number of amides is 2. The van der Waals surface area contributed by atoms with Gasteiger partial charge in [-0.2, -0.15) is 13.2 Å². The second-order valence-electron chi connectivity index (χ2n) is 13.5. The van der Waals surface area contributed by atoms with Gasteiger partial charge in [0.25, 0.3) is 0 Å². The summed E-state index contributed by atoms with van der Waals surface area (Å²) in [7, 11) is 0. The van der Waals surface area contributed by atoms with Crippen LogP contribution in [0.5, 0.6) is 0 Å². The number of unbranched alkanes of at least 4 members (excludes halogenated alkanes) is 1. The molecule has 3 atom stereocenters. The van der Waals surface area contributed by atoms with E-state index in [2.05, 4.69) is 15.6 Å². The lowest BCUT2D eigenvalue weighted by molar-refractivity contribution is -0.192. The van der Waals surface area contributed by atoms with E-state index in [9.17, 15) is 27.6 Å². The number of aliphatic carboxylic acids is 1. The van der Waals surface area contributed by atoms with Crippen molar-refractivity contribution in [2.75, 3.05) is 13.2 Å². The molecule has 0 spiro atoms. The van der Waals surface area contributed by atoms with Gasteiger partial charge in [0, 0.05) is 18.0 Å². The molecular formula is C36H56F3N7O6. The minimum absolute atomic E-state index is 0.00764. The highest BCUT2D eigenvalue weighted by molar-refractivity contribution is 5.95. The van der Waals surface area contributed by atoms with Gasteiger partial charge in [0.2, 0.25) is 11.8 Å². The number of ether oxygens (including phenoxy) is 1. The molecule has 2 aliphatic rings. The molecule has 0 heterocycles. The molecule has 0 bridgehead atoms. The maximum absolute atomic E-state index is 14.2. The van der Waals surface area contributed by atoms with E-state index in [0.717, 1.165) is 76.2 Å². The number of hydrogen-bond acceptors (Lipinski definition) is 7. The zero-order chi connectivity index (χ0) is 38.7. The Morgan fingerprint density at radius 3 is 1.96 bits per heavy atom. The van der Waals surface area contributed by atoms with Crippen LogP contribution in [-0.2, 0) is 30.3 Å². The number of nitrogens with zero attached hydrogens (tertiary/aromatic N) is 1. The number of guanidine groups is 1. The molecule has 13 nitrogen and oxygen atoms in total. The van der Waals surface area contributed by atoms with E-state index in [1.54, 1.807) is 0 Å². The molecule has 2 amide bonds. The van der Waals surface area contributed by atoms with Crippen molar-refractivity contribution in [2.45, 2.75) is 121 Å². The largest absolute Gasteiger partial charge is 0.490 e. The highest BCUT2D eigenvalue weighted by Crippen LogP contribution is 2.33. The first-order valence-electron chi connectivity index (χ1n) is 18.2. The SMILES string of the molecule is CCCCOC(=O)C(CCCN=C(N)N)NC(=O)C(NC(=O)C(Cc1ccc(C(=N)N)cc1)C1CCCCC1)C1CCCCC1.O=C(O)C(F)(F)F. The van der Waals surface area contributed by atoms with Crippen LogP contribution in [-0.4, -0.2) is 72.1 Å². The van der Waals surface area contributed by atoms with Crippen molar-refractivity contribution in [3.8, 4) is 0 Å². The number of amidine groups is 1. The number of carboxylic acids is 1. The molecular weight excluding hydrogens is 683 g/mol. The number of benzene rings is 1. The van der Waals surface area contributed by atoms with E-state index in [4.69, 9.17) is 37.2 Å². The lowest BCUT2D eigenvalue weighted by atomic mass is 9.76. The van der Waals surface area contributed by atoms with Gasteiger partial charge in [-0.1, -0.05) is 76.1 Å². The summed E-state index contributed by atoms with van der Waals surface area (Å²) in [5, 5.41) is 21.0. The van der Waals surface area contributed by atoms with Gasteiger partial charge in [-0.15, -0.1) is 0 Å². The van der Waals surface area contributed by atoms with Gasteiger partial charge in [-0.05, 0) is 68.8 Å². The molecule has 0 aliphatic heterocycles. The fourth-order valence-electron chi connectivity index (χ4n) is 6.64. The van der Waals surface area contributed by atoms with Gasteiger partial charge in [0.05, 0.1) is 6.61 Å². The minimum Gasteiger partial charge on any atom is -0.475 e. The quantitative estimate of drug-likeness (QED) is 0.0522. The number of carbonyl (C=O) groups excluding carboxylic acids is 3. The van der Waals surface area contributed by atoms with E-state index in [1.165, 1.54) is 6.42 Å². The van der Waals surface area contributed by atoms with Gasteiger partial charge in [0.15, 0.2) is 5.96 Å². The second kappa shape index (κ2) is 22.5. The number of esters is 1. The number of carboxylic acid groups (broad SMARTS) is 1. The minimum atomic E-state index is -5.08. The first-order valence-corrected chi connectivity index (χ1v) is 18.2. The molecule has 1 aromatic rings. The summed E-state index contributed by atoms with van der Waals surface area (Å²) in [6, 6.07) is 5.90. The maximum atomic E-state index is 14.2. The van der Waals surface area contributed by atoms with E-state index >= 15 is 0 Å². The fourth-order valence-corrected chi connectivity index (χ4v) is 6.64. The van der Waals surface area contributed by atoms with Crippen LogP contribution < -0.4 is 27.8 Å². The molecule has 2 fully saturated rings. The average Bonchev–Trinajstić information content (AvgIpc) is 3.11. The predicted molar refractivity (Wildman–Crippen MR) is 191 cm³/mol. The van der Waals surface area contributed by atoms with Crippen molar-refractivity contribution in [1.29, 1.82) is 5.41 Å². The number of nitrogens with two attached hydrogens (primary N) is 3. The molecule has 0 radical (unpaired) electrons. The zero-order valence-electron chi connectivity index (χ0n) is 30.0. The summed E-state index contributed by atoms with van der Waals surface area (Å²) in [6.07, 6.45) is 7.98. The molecule has 292 valence electrons. The molecule has 3 rings (SSSR count). The van der Waals surface area contributed by atoms with Crippen molar-refractivity contribution < 1.29 is 42.2 Å². The third kappa shape index (κ3) is 15.9. The van der Waals surface area contributed by atoms with Crippen LogP contribution in [0.1, 0.15) is 108 Å². The summed E-state index contributed by atoms with van der Waals surface area (Å²) < 4.78 is 37.2. The molecule has 16 heteroatoms. The van der Waals surface area contributed by atoms with Crippen molar-refractivity contribution in [3.63, 3.8) is 0 Å². The van der Waals surface area contributed by atoms with Crippen LogP contribution in [0.2, 0.25) is 0 Å².